The molecule has 0 saturated carbocycles. The van der Waals surface area contributed by atoms with E-state index in [-0.39, 0.29) is 24.9 Å². The Morgan fingerprint density at radius 3 is 2.74 bits per heavy atom. The summed E-state index contributed by atoms with van der Waals surface area (Å²) in [5, 5.41) is 5.90. The second-order valence-corrected chi connectivity index (χ2v) is 7.67. The lowest BCUT2D eigenvalue weighted by atomic mass is 10.1. The van der Waals surface area contributed by atoms with Crippen molar-refractivity contribution in [3.8, 4) is 11.3 Å². The van der Waals surface area contributed by atoms with Crippen LogP contribution >= 0.6 is 0 Å². The van der Waals surface area contributed by atoms with E-state index in [1.165, 1.54) is 0 Å². The third kappa shape index (κ3) is 4.78. The first-order chi connectivity index (χ1) is 15.0. The molecule has 2 aliphatic rings. The second kappa shape index (κ2) is 9.32. The predicted molar refractivity (Wildman–Crippen MR) is 117 cm³/mol. The highest BCUT2D eigenvalue weighted by Gasteiger charge is 2.49. The molecule has 4 rings (SSSR count). The first-order valence-electron chi connectivity index (χ1n) is 10.2. The van der Waals surface area contributed by atoms with Crippen LogP contribution < -0.4 is 15.5 Å². The van der Waals surface area contributed by atoms with Crippen LogP contribution in [0.5, 0.6) is 0 Å². The van der Waals surface area contributed by atoms with Gasteiger partial charge in [-0.15, -0.1) is 6.58 Å². The Balaban J connectivity index is 1.39. The molecule has 0 radical (unpaired) electrons. The van der Waals surface area contributed by atoms with Gasteiger partial charge >= 0.3 is 6.09 Å². The van der Waals surface area contributed by atoms with Gasteiger partial charge in [-0.2, -0.15) is 0 Å². The molecule has 1 aromatic carbocycles. The summed E-state index contributed by atoms with van der Waals surface area (Å²) in [6.45, 7) is 4.60. The molecule has 0 spiro atoms. The van der Waals surface area contributed by atoms with Crippen molar-refractivity contribution >= 4 is 17.7 Å². The van der Waals surface area contributed by atoms with Gasteiger partial charge in [0.05, 0.1) is 24.9 Å². The molecule has 31 heavy (non-hydrogen) atoms. The Morgan fingerprint density at radius 2 is 2.00 bits per heavy atom. The van der Waals surface area contributed by atoms with Gasteiger partial charge in [-0.3, -0.25) is 0 Å². The lowest BCUT2D eigenvalue weighted by molar-refractivity contribution is 0.00475. The molecule has 0 bridgehead atoms. The maximum absolute atomic E-state index is 11.8. The molecule has 3 heterocycles. The fourth-order valence-corrected chi connectivity index (χ4v) is 3.71. The number of ether oxygens (including phenoxy) is 3. The van der Waals surface area contributed by atoms with E-state index in [1.807, 2.05) is 32.3 Å². The molecule has 1 aromatic heterocycles. The Morgan fingerprint density at radius 1 is 1.23 bits per heavy atom. The molecular formula is C22H27N5O4. The summed E-state index contributed by atoms with van der Waals surface area (Å²) in [5.41, 5.74) is 2.96. The minimum absolute atomic E-state index is 0.138. The van der Waals surface area contributed by atoms with Crippen molar-refractivity contribution in [2.24, 2.45) is 0 Å². The zero-order valence-corrected chi connectivity index (χ0v) is 17.7. The maximum Gasteiger partial charge on any atom is 0.407 e. The fourth-order valence-electron chi connectivity index (χ4n) is 3.71. The van der Waals surface area contributed by atoms with Crippen LogP contribution in [0.2, 0.25) is 0 Å². The minimum Gasteiger partial charge on any atom is -0.441 e. The zero-order valence-electron chi connectivity index (χ0n) is 17.7. The van der Waals surface area contributed by atoms with Crippen molar-refractivity contribution in [2.75, 3.05) is 44.1 Å². The number of hydrogen-bond acceptors (Lipinski definition) is 8. The first kappa shape index (κ1) is 21.1. The maximum atomic E-state index is 11.8. The minimum atomic E-state index is -0.509. The third-order valence-electron chi connectivity index (χ3n) is 5.31. The molecule has 2 N–H and O–H groups in total. The predicted octanol–water partition coefficient (Wildman–Crippen LogP) is 2.07. The van der Waals surface area contributed by atoms with Crippen molar-refractivity contribution in [2.45, 2.75) is 24.4 Å². The number of benzene rings is 1. The molecule has 2 fully saturated rings. The van der Waals surface area contributed by atoms with Crippen LogP contribution in [0.25, 0.3) is 11.3 Å². The number of aromatic nitrogens is 2. The summed E-state index contributed by atoms with van der Waals surface area (Å²) < 4.78 is 17.1. The van der Waals surface area contributed by atoms with E-state index in [9.17, 15) is 4.79 Å². The monoisotopic (exact) mass is 425 g/mol. The molecule has 0 aliphatic carbocycles. The number of nitrogens with zero attached hydrogens (tertiary/aromatic N) is 3. The van der Waals surface area contributed by atoms with Gasteiger partial charge < -0.3 is 29.7 Å². The number of carbonyl (C=O) groups is 1. The van der Waals surface area contributed by atoms with Gasteiger partial charge in [-0.05, 0) is 18.2 Å². The topological polar surface area (TPSA) is 97.8 Å². The quantitative estimate of drug-likeness (QED) is 0.651. The molecule has 2 saturated heterocycles. The van der Waals surface area contributed by atoms with Crippen LogP contribution in [0.4, 0.5) is 16.4 Å². The van der Waals surface area contributed by atoms with E-state index >= 15 is 0 Å². The summed E-state index contributed by atoms with van der Waals surface area (Å²) in [5.74, 6) is 0.500. The van der Waals surface area contributed by atoms with Crippen LogP contribution in [0.1, 0.15) is 0 Å². The van der Waals surface area contributed by atoms with Gasteiger partial charge in [0.25, 0.3) is 0 Å². The number of anilines is 2. The molecule has 164 valence electrons. The molecule has 9 nitrogen and oxygen atoms in total. The van der Waals surface area contributed by atoms with Crippen molar-refractivity contribution < 1.29 is 19.0 Å². The molecule has 9 heteroatoms. The van der Waals surface area contributed by atoms with E-state index in [0.29, 0.717) is 19.1 Å². The number of amides is 1. The van der Waals surface area contributed by atoms with E-state index < -0.39 is 12.2 Å². The van der Waals surface area contributed by atoms with Gasteiger partial charge in [0.1, 0.15) is 12.2 Å². The van der Waals surface area contributed by atoms with E-state index in [1.54, 1.807) is 12.3 Å². The summed E-state index contributed by atoms with van der Waals surface area (Å²) in [6.07, 6.45) is 1.78. The molecule has 4 unspecified atom stereocenters. The Hall–Kier alpha value is -3.17. The van der Waals surface area contributed by atoms with Gasteiger partial charge in [-0.25, -0.2) is 14.8 Å². The SMILES string of the molecule is C=CCNC(=O)OC1COC2C(Nc3nccc(-c4ccc(N(C)C)cc4)n3)COC12. The number of rotatable bonds is 7. The highest BCUT2D eigenvalue weighted by molar-refractivity contribution is 5.67. The van der Waals surface area contributed by atoms with E-state index in [0.717, 1.165) is 16.9 Å². The average molecular weight is 425 g/mol. The fraction of sp³-hybridized carbons (Fsp3) is 0.409. The van der Waals surface area contributed by atoms with Gasteiger partial charge in [0.2, 0.25) is 5.95 Å². The molecule has 1 amide bonds. The van der Waals surface area contributed by atoms with Crippen molar-refractivity contribution in [1.82, 2.24) is 15.3 Å². The molecule has 4 atom stereocenters. The van der Waals surface area contributed by atoms with Crippen LogP contribution in [0.3, 0.4) is 0 Å². The normalized spacial score (nSPS) is 24.3. The van der Waals surface area contributed by atoms with Gasteiger partial charge in [0, 0.05) is 38.1 Å². The van der Waals surface area contributed by atoms with Crippen LogP contribution in [-0.2, 0) is 14.2 Å². The van der Waals surface area contributed by atoms with Crippen molar-refractivity contribution in [1.29, 1.82) is 0 Å². The Bertz CT molecular complexity index is 920. The molecule has 2 aliphatic heterocycles. The molecular weight excluding hydrogens is 398 g/mol. The Kier molecular flexibility index (Phi) is 6.34. The van der Waals surface area contributed by atoms with Crippen LogP contribution in [-0.4, -0.2) is 74.3 Å². The number of carbonyl (C=O) groups excluding carboxylic acids is 1. The third-order valence-corrected chi connectivity index (χ3v) is 5.31. The highest BCUT2D eigenvalue weighted by atomic mass is 16.6. The Labute approximate surface area is 181 Å². The lowest BCUT2D eigenvalue weighted by Crippen LogP contribution is -2.39. The van der Waals surface area contributed by atoms with Gasteiger partial charge in [0.15, 0.2) is 6.10 Å². The largest absolute Gasteiger partial charge is 0.441 e. The zero-order chi connectivity index (χ0) is 21.8. The van der Waals surface area contributed by atoms with E-state index in [2.05, 4.69) is 44.2 Å². The summed E-state index contributed by atoms with van der Waals surface area (Å²) in [7, 11) is 4.01. The summed E-state index contributed by atoms with van der Waals surface area (Å²) in [6, 6.07) is 9.92. The van der Waals surface area contributed by atoms with Crippen LogP contribution in [0, 0.1) is 0 Å². The lowest BCUT2D eigenvalue weighted by Gasteiger charge is -2.18. The van der Waals surface area contributed by atoms with Crippen molar-refractivity contribution in [3.05, 3.63) is 49.2 Å². The van der Waals surface area contributed by atoms with E-state index in [4.69, 9.17) is 14.2 Å². The molecule has 2 aromatic rings. The number of fused-ring (bicyclic) bond motifs is 1. The number of nitrogens with one attached hydrogen (secondary N) is 2. The van der Waals surface area contributed by atoms with Crippen LogP contribution in [0.15, 0.2) is 49.2 Å². The number of hydrogen-bond donors (Lipinski definition) is 2. The average Bonchev–Trinajstić information content (AvgIpc) is 3.36. The highest BCUT2D eigenvalue weighted by Crippen LogP contribution is 2.30. The smallest absolute Gasteiger partial charge is 0.407 e. The summed E-state index contributed by atoms with van der Waals surface area (Å²) in [4.78, 5) is 22.9. The van der Waals surface area contributed by atoms with Gasteiger partial charge in [-0.1, -0.05) is 18.2 Å². The number of alkyl carbamates (subject to hydrolysis) is 1. The second-order valence-electron chi connectivity index (χ2n) is 7.67. The standard InChI is InChI=1S/C22H27N5O4/c1-4-10-24-22(28)31-18-13-30-19-17(12-29-20(18)19)26-21-23-11-9-16(25-21)14-5-7-15(8-6-14)27(2)3/h4-9,11,17-20H,1,10,12-13H2,2-3H3,(H,24,28)(H,23,25,26). The summed E-state index contributed by atoms with van der Waals surface area (Å²) >= 11 is 0. The first-order valence-corrected chi connectivity index (χ1v) is 10.2. The van der Waals surface area contributed by atoms with Crippen molar-refractivity contribution in [3.63, 3.8) is 0 Å².